The first-order valence-corrected chi connectivity index (χ1v) is 19.4. The molecule has 0 atom stereocenters. The first-order chi connectivity index (χ1) is 28.7. The molecule has 0 saturated carbocycles. The number of hydrogen-bond donors (Lipinski definition) is 0. The quantitative estimate of drug-likeness (QED) is 0.181. The lowest BCUT2D eigenvalue weighted by atomic mass is 9.88. The van der Waals surface area contributed by atoms with Gasteiger partial charge in [0.1, 0.15) is 0 Å². The van der Waals surface area contributed by atoms with E-state index < -0.39 is 0 Å². The Morgan fingerprint density at radius 2 is 0.810 bits per heavy atom. The lowest BCUT2D eigenvalue weighted by Crippen LogP contribution is -1.99. The number of rotatable bonds is 4. The van der Waals surface area contributed by atoms with Gasteiger partial charge in [0.05, 0.1) is 34.5 Å². The summed E-state index contributed by atoms with van der Waals surface area (Å²) in [5, 5.41) is 25.6. The van der Waals surface area contributed by atoms with Gasteiger partial charge in [-0.05, 0) is 119 Å². The molecule has 0 unspecified atom stereocenters. The fourth-order valence-electron chi connectivity index (χ4n) is 9.51. The molecule has 1 heterocycles. The van der Waals surface area contributed by atoms with Crippen LogP contribution < -0.4 is 0 Å². The lowest BCUT2D eigenvalue weighted by Gasteiger charge is -2.18. The van der Waals surface area contributed by atoms with Crippen LogP contribution in [0.5, 0.6) is 0 Å². The number of fused-ring (bicyclic) bond motifs is 7. The number of nitrogens with zero attached hydrogens (tertiary/aromatic N) is 4. The summed E-state index contributed by atoms with van der Waals surface area (Å²) >= 11 is 0. The maximum Gasteiger partial charge on any atom is 0.160 e. The molecule has 4 nitrogen and oxygen atoms in total. The van der Waals surface area contributed by atoms with Crippen molar-refractivity contribution < 1.29 is 0 Å². The molecule has 0 radical (unpaired) electrons. The highest BCUT2D eigenvalue weighted by atomic mass is 14.9. The molecule has 264 valence electrons. The molecule has 0 amide bonds. The Morgan fingerprint density at radius 3 is 1.41 bits per heavy atom. The molecule has 58 heavy (non-hydrogen) atoms. The van der Waals surface area contributed by atoms with Crippen molar-refractivity contribution in [3.05, 3.63) is 181 Å². The van der Waals surface area contributed by atoms with E-state index in [9.17, 15) is 10.5 Å². The van der Waals surface area contributed by atoms with Gasteiger partial charge in [-0.2, -0.15) is 10.5 Å². The Balaban J connectivity index is 1.21. The lowest BCUT2D eigenvalue weighted by molar-refractivity contribution is 1.23. The van der Waals surface area contributed by atoms with Crippen LogP contribution in [0, 0.1) is 22.7 Å². The summed E-state index contributed by atoms with van der Waals surface area (Å²) < 4.78 is 0. The van der Waals surface area contributed by atoms with Crippen LogP contribution in [-0.2, 0) is 0 Å². The van der Waals surface area contributed by atoms with Crippen LogP contribution in [0.1, 0.15) is 11.1 Å². The summed E-state index contributed by atoms with van der Waals surface area (Å²) in [6.07, 6.45) is 0. The summed E-state index contributed by atoms with van der Waals surface area (Å²) in [5.41, 5.74) is 18.4. The van der Waals surface area contributed by atoms with Gasteiger partial charge in [0.2, 0.25) is 0 Å². The first kappa shape index (κ1) is 32.1. The molecule has 2 aliphatic carbocycles. The highest BCUT2D eigenvalue weighted by Crippen LogP contribution is 2.52. The molecular formula is C54H28N4. The molecule has 0 aliphatic heterocycles. The predicted molar refractivity (Wildman–Crippen MR) is 235 cm³/mol. The van der Waals surface area contributed by atoms with E-state index in [4.69, 9.17) is 9.97 Å². The monoisotopic (exact) mass is 732 g/mol. The average molecular weight is 733 g/mol. The third kappa shape index (κ3) is 4.55. The molecule has 9 aromatic carbocycles. The second-order valence-electron chi connectivity index (χ2n) is 15.1. The van der Waals surface area contributed by atoms with Crippen molar-refractivity contribution in [2.24, 2.45) is 0 Å². The van der Waals surface area contributed by atoms with Gasteiger partial charge in [0.25, 0.3) is 0 Å². The van der Waals surface area contributed by atoms with E-state index in [2.05, 4.69) is 133 Å². The van der Waals surface area contributed by atoms with Crippen LogP contribution in [0.2, 0.25) is 0 Å². The normalized spacial score (nSPS) is 11.8. The van der Waals surface area contributed by atoms with Crippen LogP contribution in [0.4, 0.5) is 0 Å². The van der Waals surface area contributed by atoms with E-state index in [0.29, 0.717) is 17.0 Å². The summed E-state index contributed by atoms with van der Waals surface area (Å²) in [5.74, 6) is 0.511. The molecule has 12 rings (SSSR count). The van der Waals surface area contributed by atoms with Crippen molar-refractivity contribution in [3.63, 3.8) is 0 Å². The van der Waals surface area contributed by atoms with Gasteiger partial charge in [-0.15, -0.1) is 0 Å². The van der Waals surface area contributed by atoms with Gasteiger partial charge in [-0.3, -0.25) is 0 Å². The zero-order chi connectivity index (χ0) is 38.5. The van der Waals surface area contributed by atoms with Crippen molar-refractivity contribution in [2.45, 2.75) is 0 Å². The van der Waals surface area contributed by atoms with Crippen LogP contribution in [0.3, 0.4) is 0 Å². The molecule has 0 N–H and O–H groups in total. The van der Waals surface area contributed by atoms with E-state index in [1.54, 1.807) is 6.07 Å². The first-order valence-electron chi connectivity index (χ1n) is 19.4. The Kier molecular flexibility index (Phi) is 6.73. The van der Waals surface area contributed by atoms with Gasteiger partial charge in [-0.1, -0.05) is 133 Å². The smallest absolute Gasteiger partial charge is 0.160 e. The second-order valence-corrected chi connectivity index (χ2v) is 15.1. The fraction of sp³-hybridized carbons (Fsp3) is 0. The number of aromatic nitrogens is 2. The van der Waals surface area contributed by atoms with Gasteiger partial charge < -0.3 is 0 Å². The van der Waals surface area contributed by atoms with Crippen LogP contribution in [0.15, 0.2) is 170 Å². The summed E-state index contributed by atoms with van der Waals surface area (Å²) in [7, 11) is 0. The second kappa shape index (κ2) is 12.2. The third-order valence-corrected chi connectivity index (χ3v) is 12.0. The molecule has 0 fully saturated rings. The standard InChI is InChI=1S/C54H28N4/c55-29-31-9-5-11-33(25-31)52-49-28-35(36-21-23-46-39-15-3-1-13-37(39)43-18-7-17-42(36)50(43)46)27-48(53(49)58-54(57-52)34-12-6-10-32(26-34)30-56)41-22-24-47-40-16-4-2-14-38(40)44-19-8-20-45(41)51(44)47/h1-28H. The molecule has 10 aromatic rings. The SMILES string of the molecule is N#Cc1cccc(-c2nc(-c3cccc(C#N)c3)c3cc(-c4ccc5c6c(cccc46)-c4ccccc4-5)cc(-c4ccc5c6c(cccc46)-c4ccccc4-5)c3n2)c1. The summed E-state index contributed by atoms with van der Waals surface area (Å²) in [4.78, 5) is 10.7. The van der Waals surface area contributed by atoms with Crippen LogP contribution in [0.25, 0.3) is 122 Å². The molecule has 2 aliphatic rings. The fourth-order valence-corrected chi connectivity index (χ4v) is 9.51. The molecule has 4 heteroatoms. The third-order valence-electron chi connectivity index (χ3n) is 12.0. The van der Waals surface area contributed by atoms with E-state index in [1.807, 2.05) is 42.5 Å². The maximum atomic E-state index is 10.0. The molecule has 1 aromatic heterocycles. The Labute approximate surface area is 334 Å². The molecule has 0 spiro atoms. The van der Waals surface area contributed by atoms with Crippen molar-refractivity contribution in [2.75, 3.05) is 0 Å². The highest BCUT2D eigenvalue weighted by molar-refractivity contribution is 6.22. The van der Waals surface area contributed by atoms with Gasteiger partial charge in [0, 0.05) is 22.1 Å². The summed E-state index contributed by atoms with van der Waals surface area (Å²) in [6, 6.07) is 63.8. The minimum atomic E-state index is 0.511. The molecular weight excluding hydrogens is 705 g/mol. The topological polar surface area (TPSA) is 73.4 Å². The van der Waals surface area contributed by atoms with Gasteiger partial charge in [-0.25, -0.2) is 9.97 Å². The molecule has 0 saturated heterocycles. The number of hydrogen-bond acceptors (Lipinski definition) is 4. The van der Waals surface area contributed by atoms with E-state index in [-0.39, 0.29) is 0 Å². The van der Waals surface area contributed by atoms with Gasteiger partial charge >= 0.3 is 0 Å². The van der Waals surface area contributed by atoms with Gasteiger partial charge in [0.15, 0.2) is 5.82 Å². The van der Waals surface area contributed by atoms with Crippen molar-refractivity contribution in [1.82, 2.24) is 9.97 Å². The van der Waals surface area contributed by atoms with Crippen molar-refractivity contribution in [3.8, 4) is 102 Å². The minimum absolute atomic E-state index is 0.511. The number of benzene rings is 9. The van der Waals surface area contributed by atoms with E-state index >= 15 is 0 Å². The predicted octanol–water partition coefficient (Wildman–Crippen LogP) is 13.6. The van der Waals surface area contributed by atoms with Crippen LogP contribution >= 0.6 is 0 Å². The number of nitriles is 2. The zero-order valence-electron chi connectivity index (χ0n) is 31.0. The van der Waals surface area contributed by atoms with Crippen molar-refractivity contribution >= 4 is 32.4 Å². The van der Waals surface area contributed by atoms with Crippen molar-refractivity contribution in [1.29, 1.82) is 10.5 Å². The Bertz CT molecular complexity index is 3490. The van der Waals surface area contributed by atoms with E-state index in [1.165, 1.54) is 60.7 Å². The van der Waals surface area contributed by atoms with E-state index in [0.717, 1.165) is 55.4 Å². The highest BCUT2D eigenvalue weighted by Gasteiger charge is 2.26. The summed E-state index contributed by atoms with van der Waals surface area (Å²) in [6.45, 7) is 0. The molecule has 0 bridgehead atoms. The zero-order valence-corrected chi connectivity index (χ0v) is 31.0. The Hall–Kier alpha value is -8.18. The Morgan fingerprint density at radius 1 is 0.328 bits per heavy atom. The minimum Gasteiger partial charge on any atom is -0.227 e. The van der Waals surface area contributed by atoms with Crippen LogP contribution in [-0.4, -0.2) is 9.97 Å². The average Bonchev–Trinajstić information content (AvgIpc) is 3.80. The largest absolute Gasteiger partial charge is 0.227 e. The maximum absolute atomic E-state index is 10.0.